The quantitative estimate of drug-likeness (QED) is 0.898. The number of carbonyl (C=O) groups is 1. The molecule has 0 aliphatic carbocycles. The summed E-state index contributed by atoms with van der Waals surface area (Å²) in [7, 11) is 0. The first-order valence-electron chi connectivity index (χ1n) is 7.42. The van der Waals surface area contributed by atoms with Gasteiger partial charge in [0.05, 0.1) is 12.1 Å². The van der Waals surface area contributed by atoms with Crippen molar-refractivity contribution in [1.82, 2.24) is 15.6 Å². The van der Waals surface area contributed by atoms with E-state index in [0.717, 1.165) is 30.8 Å². The highest BCUT2D eigenvalue weighted by Crippen LogP contribution is 2.30. The van der Waals surface area contributed by atoms with Crippen molar-refractivity contribution in [3.63, 3.8) is 0 Å². The average Bonchev–Trinajstić information content (AvgIpc) is 2.86. The molecule has 5 heteroatoms. The number of thiazole rings is 1. The molecule has 2 atom stereocenters. The van der Waals surface area contributed by atoms with Gasteiger partial charge in [-0.2, -0.15) is 0 Å². The number of aryl methyl sites for hydroxylation is 1. The minimum absolute atomic E-state index is 0.0134. The van der Waals surface area contributed by atoms with Crippen LogP contribution in [0.5, 0.6) is 0 Å². The molecule has 1 amide bonds. The summed E-state index contributed by atoms with van der Waals surface area (Å²) in [6.07, 6.45) is 5.13. The number of hydrogen-bond acceptors (Lipinski definition) is 4. The van der Waals surface area contributed by atoms with Crippen molar-refractivity contribution in [3.8, 4) is 0 Å². The molecule has 20 heavy (non-hydrogen) atoms. The summed E-state index contributed by atoms with van der Waals surface area (Å²) in [4.78, 5) is 18.1. The minimum atomic E-state index is -0.107. The van der Waals surface area contributed by atoms with Crippen LogP contribution in [0, 0.1) is 5.41 Å². The van der Waals surface area contributed by atoms with Crippen molar-refractivity contribution in [2.24, 2.45) is 5.41 Å². The van der Waals surface area contributed by atoms with E-state index in [2.05, 4.69) is 36.4 Å². The van der Waals surface area contributed by atoms with Crippen LogP contribution in [0.25, 0.3) is 0 Å². The highest BCUT2D eigenvalue weighted by atomic mass is 32.1. The Kier molecular flexibility index (Phi) is 4.81. The number of aromatic nitrogens is 1. The molecule has 0 aromatic carbocycles. The summed E-state index contributed by atoms with van der Waals surface area (Å²) in [6.45, 7) is 9.37. The summed E-state index contributed by atoms with van der Waals surface area (Å²) in [5.41, 5.74) is 0.0134. The molecule has 1 saturated heterocycles. The van der Waals surface area contributed by atoms with Gasteiger partial charge in [-0.25, -0.2) is 4.98 Å². The van der Waals surface area contributed by atoms with E-state index in [4.69, 9.17) is 0 Å². The van der Waals surface area contributed by atoms with Crippen LogP contribution >= 0.6 is 11.3 Å². The summed E-state index contributed by atoms with van der Waals surface area (Å²) in [5, 5.41) is 7.45. The van der Waals surface area contributed by atoms with E-state index >= 15 is 0 Å². The van der Waals surface area contributed by atoms with Gasteiger partial charge in [-0.1, -0.05) is 20.8 Å². The van der Waals surface area contributed by atoms with E-state index in [1.165, 1.54) is 4.88 Å². The number of piperidine rings is 1. The van der Waals surface area contributed by atoms with Crippen molar-refractivity contribution in [1.29, 1.82) is 0 Å². The molecule has 0 radical (unpaired) electrons. The van der Waals surface area contributed by atoms with Crippen LogP contribution < -0.4 is 10.6 Å². The Morgan fingerprint density at radius 2 is 2.40 bits per heavy atom. The van der Waals surface area contributed by atoms with E-state index in [9.17, 15) is 4.79 Å². The highest BCUT2D eigenvalue weighted by Gasteiger charge is 2.37. The first-order valence-corrected chi connectivity index (χ1v) is 8.24. The lowest BCUT2D eigenvalue weighted by Crippen LogP contribution is -2.55. The van der Waals surface area contributed by atoms with Gasteiger partial charge in [0, 0.05) is 11.1 Å². The maximum absolute atomic E-state index is 12.5. The third-order valence-corrected chi connectivity index (χ3v) is 5.36. The van der Waals surface area contributed by atoms with Gasteiger partial charge in [0.2, 0.25) is 5.91 Å². The molecule has 4 nitrogen and oxygen atoms in total. The molecular formula is C15H25N3OS. The van der Waals surface area contributed by atoms with Gasteiger partial charge in [0.1, 0.15) is 5.01 Å². The molecule has 1 aromatic rings. The Labute approximate surface area is 125 Å². The second kappa shape index (κ2) is 6.22. The van der Waals surface area contributed by atoms with Gasteiger partial charge in [-0.3, -0.25) is 4.79 Å². The predicted octanol–water partition coefficient (Wildman–Crippen LogP) is 2.66. The van der Waals surface area contributed by atoms with Crippen molar-refractivity contribution in [3.05, 3.63) is 16.1 Å². The van der Waals surface area contributed by atoms with Crippen LogP contribution in [-0.2, 0) is 11.2 Å². The fraction of sp³-hybridized carbons (Fsp3) is 0.733. The molecule has 0 spiro atoms. The number of nitrogens with one attached hydrogen (secondary N) is 2. The topological polar surface area (TPSA) is 54.0 Å². The maximum atomic E-state index is 12.5. The molecule has 2 heterocycles. The number of nitrogens with zero attached hydrogens (tertiary/aromatic N) is 1. The fourth-order valence-electron chi connectivity index (χ4n) is 2.70. The summed E-state index contributed by atoms with van der Waals surface area (Å²) in [5.74, 6) is 0.0930. The Hall–Kier alpha value is -0.940. The van der Waals surface area contributed by atoms with Crippen LogP contribution in [0.2, 0.25) is 0 Å². The zero-order valence-electron chi connectivity index (χ0n) is 12.8. The van der Waals surface area contributed by atoms with Gasteiger partial charge < -0.3 is 10.6 Å². The SMILES string of the molecule is CCc1cnc(C(C)NC(=O)C2NCCCC2(C)C)s1. The van der Waals surface area contributed by atoms with E-state index < -0.39 is 0 Å². The second-order valence-electron chi connectivity index (χ2n) is 6.23. The van der Waals surface area contributed by atoms with Crippen LogP contribution in [0.3, 0.4) is 0 Å². The van der Waals surface area contributed by atoms with Gasteiger partial charge in [-0.15, -0.1) is 11.3 Å². The zero-order chi connectivity index (χ0) is 14.8. The molecule has 2 N–H and O–H groups in total. The number of amides is 1. The molecule has 112 valence electrons. The number of rotatable bonds is 4. The zero-order valence-corrected chi connectivity index (χ0v) is 13.6. The third kappa shape index (κ3) is 3.38. The molecule has 1 fully saturated rings. The van der Waals surface area contributed by atoms with Gasteiger partial charge in [-0.05, 0) is 38.1 Å². The van der Waals surface area contributed by atoms with Crippen molar-refractivity contribution in [2.45, 2.75) is 59.0 Å². The molecule has 2 unspecified atom stereocenters. The third-order valence-electron chi connectivity index (χ3n) is 4.04. The first-order chi connectivity index (χ1) is 9.44. The van der Waals surface area contributed by atoms with E-state index in [-0.39, 0.29) is 23.4 Å². The molecule has 0 saturated carbocycles. The normalized spacial score (nSPS) is 23.3. The predicted molar refractivity (Wildman–Crippen MR) is 82.9 cm³/mol. The van der Waals surface area contributed by atoms with Crippen molar-refractivity contribution >= 4 is 17.2 Å². The molecular weight excluding hydrogens is 270 g/mol. The molecule has 1 aromatic heterocycles. The van der Waals surface area contributed by atoms with E-state index in [0.29, 0.717) is 0 Å². The van der Waals surface area contributed by atoms with E-state index in [1.54, 1.807) is 11.3 Å². The minimum Gasteiger partial charge on any atom is -0.346 e. The molecule has 0 bridgehead atoms. The van der Waals surface area contributed by atoms with Gasteiger partial charge in [0.25, 0.3) is 0 Å². The monoisotopic (exact) mass is 295 g/mol. The smallest absolute Gasteiger partial charge is 0.238 e. The molecule has 1 aliphatic heterocycles. The Bertz CT molecular complexity index is 469. The van der Waals surface area contributed by atoms with Crippen LogP contribution in [0.4, 0.5) is 0 Å². The van der Waals surface area contributed by atoms with E-state index in [1.807, 2.05) is 13.1 Å². The van der Waals surface area contributed by atoms with Gasteiger partial charge >= 0.3 is 0 Å². The van der Waals surface area contributed by atoms with Crippen molar-refractivity contribution in [2.75, 3.05) is 6.54 Å². The average molecular weight is 295 g/mol. The number of hydrogen-bond donors (Lipinski definition) is 2. The summed E-state index contributed by atoms with van der Waals surface area (Å²) >= 11 is 1.68. The highest BCUT2D eigenvalue weighted by molar-refractivity contribution is 7.11. The molecule has 2 rings (SSSR count). The summed E-state index contributed by atoms with van der Waals surface area (Å²) < 4.78 is 0. The lowest BCUT2D eigenvalue weighted by atomic mass is 9.77. The Morgan fingerprint density at radius 1 is 1.65 bits per heavy atom. The number of carbonyl (C=O) groups excluding carboxylic acids is 1. The molecule has 1 aliphatic rings. The second-order valence-corrected chi connectivity index (χ2v) is 7.37. The standard InChI is InChI=1S/C15H25N3OS/c1-5-11-9-17-14(20-11)10(2)18-13(19)12-15(3,4)7-6-8-16-12/h9-10,12,16H,5-8H2,1-4H3,(H,18,19). The Balaban J connectivity index is 1.99. The van der Waals surface area contributed by atoms with Crippen LogP contribution in [0.1, 0.15) is 56.5 Å². The fourth-order valence-corrected chi connectivity index (χ4v) is 3.56. The van der Waals surface area contributed by atoms with Crippen LogP contribution in [-0.4, -0.2) is 23.5 Å². The Morgan fingerprint density at radius 3 is 3.00 bits per heavy atom. The lowest BCUT2D eigenvalue weighted by molar-refractivity contribution is -0.127. The van der Waals surface area contributed by atoms with Crippen molar-refractivity contribution < 1.29 is 4.79 Å². The summed E-state index contributed by atoms with van der Waals surface area (Å²) in [6, 6.07) is -0.128. The van der Waals surface area contributed by atoms with Gasteiger partial charge in [0.15, 0.2) is 0 Å². The first kappa shape index (κ1) is 15.4. The van der Waals surface area contributed by atoms with Crippen LogP contribution in [0.15, 0.2) is 6.20 Å². The lowest BCUT2D eigenvalue weighted by Gasteiger charge is -2.38. The largest absolute Gasteiger partial charge is 0.346 e. The maximum Gasteiger partial charge on any atom is 0.238 e.